The largest absolute Gasteiger partial charge is 0.303 e. The Morgan fingerprint density at radius 3 is 2.37 bits per heavy atom. The molecule has 3 rings (SSSR count). The van der Waals surface area contributed by atoms with Gasteiger partial charge in [0.25, 0.3) is 0 Å². The summed E-state index contributed by atoms with van der Waals surface area (Å²) in [7, 11) is 0. The lowest BCUT2D eigenvalue weighted by Gasteiger charge is -2.36. The third-order valence-corrected chi connectivity index (χ3v) is 4.68. The Kier molecular flexibility index (Phi) is 4.46. The smallest absolute Gasteiger partial charge is 0.0270 e. The Morgan fingerprint density at radius 2 is 1.68 bits per heavy atom. The Morgan fingerprint density at radius 1 is 1.00 bits per heavy atom. The Bertz CT molecular complexity index is 365. The lowest BCUT2D eigenvalue weighted by Crippen LogP contribution is -2.44. The van der Waals surface area contributed by atoms with Crippen LogP contribution in [0.1, 0.15) is 31.2 Å². The number of nitrogens with zero attached hydrogens (tertiary/aromatic N) is 3. The summed E-state index contributed by atoms with van der Waals surface area (Å²) in [6, 6.07) is 5.15. The van der Waals surface area contributed by atoms with E-state index in [-0.39, 0.29) is 0 Å². The van der Waals surface area contributed by atoms with E-state index in [1.54, 1.807) is 0 Å². The van der Waals surface area contributed by atoms with Crippen LogP contribution in [0.25, 0.3) is 0 Å². The highest BCUT2D eigenvalue weighted by atomic mass is 15.2. The van der Waals surface area contributed by atoms with E-state index < -0.39 is 0 Å². The lowest BCUT2D eigenvalue weighted by molar-refractivity contribution is 0.128. The molecule has 2 fully saturated rings. The summed E-state index contributed by atoms with van der Waals surface area (Å²) in [6.45, 7) is 6.47. The van der Waals surface area contributed by atoms with E-state index in [2.05, 4.69) is 26.9 Å². The third-order valence-electron chi connectivity index (χ3n) is 4.68. The molecule has 1 aromatic rings. The number of aromatic nitrogens is 1. The van der Waals surface area contributed by atoms with Gasteiger partial charge in [-0.2, -0.15) is 0 Å². The van der Waals surface area contributed by atoms with Crippen LogP contribution >= 0.6 is 0 Å². The molecule has 0 N–H and O–H groups in total. The van der Waals surface area contributed by atoms with Gasteiger partial charge in [0.15, 0.2) is 0 Å². The fraction of sp³-hybridized carbons (Fsp3) is 0.688. The van der Waals surface area contributed by atoms with Gasteiger partial charge < -0.3 is 9.80 Å². The summed E-state index contributed by atoms with van der Waals surface area (Å²) in [5, 5.41) is 0. The van der Waals surface area contributed by atoms with Crippen molar-refractivity contribution in [2.75, 3.05) is 32.7 Å². The number of rotatable bonds is 4. The van der Waals surface area contributed by atoms with Gasteiger partial charge in [0.05, 0.1) is 0 Å². The number of piperidine rings is 1. The molecule has 19 heavy (non-hydrogen) atoms. The average molecular weight is 259 g/mol. The molecule has 0 amide bonds. The summed E-state index contributed by atoms with van der Waals surface area (Å²) < 4.78 is 0. The zero-order valence-electron chi connectivity index (χ0n) is 11.8. The normalized spacial score (nSPS) is 22.9. The third kappa shape index (κ3) is 3.54. The Balaban J connectivity index is 1.40. The van der Waals surface area contributed by atoms with Crippen molar-refractivity contribution in [3.05, 3.63) is 30.1 Å². The van der Waals surface area contributed by atoms with Crippen LogP contribution in [0.2, 0.25) is 0 Å². The minimum absolute atomic E-state index is 0.875. The van der Waals surface area contributed by atoms with E-state index in [1.165, 1.54) is 64.0 Å². The summed E-state index contributed by atoms with van der Waals surface area (Å²) in [4.78, 5) is 9.43. The Labute approximate surface area is 116 Å². The number of pyridine rings is 1. The predicted octanol–water partition coefficient (Wildman–Crippen LogP) is 2.18. The second kappa shape index (κ2) is 6.49. The molecule has 0 unspecified atom stereocenters. The molecule has 0 spiro atoms. The van der Waals surface area contributed by atoms with E-state index >= 15 is 0 Å². The summed E-state index contributed by atoms with van der Waals surface area (Å²) in [5.74, 6) is 0. The molecule has 2 saturated heterocycles. The maximum atomic E-state index is 4.08. The lowest BCUT2D eigenvalue weighted by atomic mass is 10.0. The van der Waals surface area contributed by atoms with E-state index in [1.807, 2.05) is 12.4 Å². The quantitative estimate of drug-likeness (QED) is 0.826. The molecule has 0 bridgehead atoms. The maximum Gasteiger partial charge on any atom is 0.0270 e. The molecule has 3 heteroatoms. The fourth-order valence-electron chi connectivity index (χ4n) is 3.45. The minimum Gasteiger partial charge on any atom is -0.303 e. The number of hydrogen-bond acceptors (Lipinski definition) is 3. The van der Waals surface area contributed by atoms with Crippen LogP contribution < -0.4 is 0 Å². The van der Waals surface area contributed by atoms with Crippen LogP contribution in [0, 0.1) is 0 Å². The van der Waals surface area contributed by atoms with Crippen molar-refractivity contribution in [2.45, 2.75) is 38.1 Å². The van der Waals surface area contributed by atoms with Crippen molar-refractivity contribution in [1.82, 2.24) is 14.8 Å². The SMILES string of the molecule is c1cc(CCN2CCC(N3CCCC3)CC2)ccn1. The van der Waals surface area contributed by atoms with E-state index in [0.717, 1.165) is 12.5 Å². The second-order valence-electron chi connectivity index (χ2n) is 5.92. The highest BCUT2D eigenvalue weighted by Gasteiger charge is 2.25. The second-order valence-corrected chi connectivity index (χ2v) is 5.92. The van der Waals surface area contributed by atoms with Gasteiger partial charge >= 0.3 is 0 Å². The van der Waals surface area contributed by atoms with Crippen molar-refractivity contribution in [1.29, 1.82) is 0 Å². The van der Waals surface area contributed by atoms with Crippen molar-refractivity contribution < 1.29 is 0 Å². The number of hydrogen-bond donors (Lipinski definition) is 0. The van der Waals surface area contributed by atoms with E-state index in [9.17, 15) is 0 Å². The molecule has 104 valence electrons. The molecule has 1 aromatic heterocycles. The van der Waals surface area contributed by atoms with Gasteiger partial charge in [-0.25, -0.2) is 0 Å². The standard InChI is InChI=1S/C16H25N3/c1-2-11-19(10-1)16-6-13-18(14-7-16)12-5-15-3-8-17-9-4-15/h3-4,8-9,16H,1-2,5-7,10-14H2. The monoisotopic (exact) mass is 259 g/mol. The highest BCUT2D eigenvalue weighted by Crippen LogP contribution is 2.21. The van der Waals surface area contributed by atoms with Gasteiger partial charge in [0.2, 0.25) is 0 Å². The summed E-state index contributed by atoms with van der Waals surface area (Å²) >= 11 is 0. The zero-order chi connectivity index (χ0) is 12.9. The molecule has 0 atom stereocenters. The first kappa shape index (κ1) is 13.1. The first-order valence-corrected chi connectivity index (χ1v) is 7.77. The van der Waals surface area contributed by atoms with Crippen molar-refractivity contribution in [3.8, 4) is 0 Å². The van der Waals surface area contributed by atoms with Crippen LogP contribution in [0.3, 0.4) is 0 Å². The molecule has 3 heterocycles. The molecule has 0 aromatic carbocycles. The van der Waals surface area contributed by atoms with Crippen LogP contribution in [0.5, 0.6) is 0 Å². The van der Waals surface area contributed by atoms with Gasteiger partial charge in [-0.05, 0) is 76.0 Å². The van der Waals surface area contributed by atoms with Gasteiger partial charge in [-0.3, -0.25) is 4.98 Å². The van der Waals surface area contributed by atoms with Gasteiger partial charge in [-0.1, -0.05) is 0 Å². The minimum atomic E-state index is 0.875. The molecule has 0 aliphatic carbocycles. The van der Waals surface area contributed by atoms with E-state index in [0.29, 0.717) is 0 Å². The van der Waals surface area contributed by atoms with Crippen LogP contribution in [0.4, 0.5) is 0 Å². The maximum absolute atomic E-state index is 4.08. The fourth-order valence-corrected chi connectivity index (χ4v) is 3.45. The Hall–Kier alpha value is -0.930. The van der Waals surface area contributed by atoms with Crippen LogP contribution in [0.15, 0.2) is 24.5 Å². The first-order valence-electron chi connectivity index (χ1n) is 7.77. The molecule has 0 radical (unpaired) electrons. The summed E-state index contributed by atoms with van der Waals surface area (Å²) in [5.41, 5.74) is 1.41. The molecule has 2 aliphatic rings. The van der Waals surface area contributed by atoms with Crippen molar-refractivity contribution in [3.63, 3.8) is 0 Å². The van der Waals surface area contributed by atoms with E-state index in [4.69, 9.17) is 0 Å². The van der Waals surface area contributed by atoms with Crippen molar-refractivity contribution >= 4 is 0 Å². The summed E-state index contributed by atoms with van der Waals surface area (Å²) in [6.07, 6.45) is 10.5. The van der Waals surface area contributed by atoms with Gasteiger partial charge in [0, 0.05) is 25.0 Å². The van der Waals surface area contributed by atoms with Gasteiger partial charge in [0.1, 0.15) is 0 Å². The number of likely N-dealkylation sites (tertiary alicyclic amines) is 2. The highest BCUT2D eigenvalue weighted by molar-refractivity contribution is 5.09. The predicted molar refractivity (Wildman–Crippen MR) is 78.2 cm³/mol. The van der Waals surface area contributed by atoms with Gasteiger partial charge in [-0.15, -0.1) is 0 Å². The first-order chi connectivity index (χ1) is 9.42. The topological polar surface area (TPSA) is 19.4 Å². The van der Waals surface area contributed by atoms with Crippen LogP contribution in [-0.2, 0) is 6.42 Å². The molecular weight excluding hydrogens is 234 g/mol. The van der Waals surface area contributed by atoms with Crippen molar-refractivity contribution in [2.24, 2.45) is 0 Å². The molecule has 2 aliphatic heterocycles. The average Bonchev–Trinajstić information content (AvgIpc) is 3.01. The molecule has 0 saturated carbocycles. The zero-order valence-corrected chi connectivity index (χ0v) is 11.8. The van der Waals surface area contributed by atoms with Crippen LogP contribution in [-0.4, -0.2) is 53.5 Å². The molecular formula is C16H25N3. The molecule has 3 nitrogen and oxygen atoms in total.